The molecule has 0 aromatic heterocycles. The van der Waals surface area contributed by atoms with E-state index >= 15 is 0 Å². The molecule has 6 amide bonds. The summed E-state index contributed by atoms with van der Waals surface area (Å²) in [4.78, 5) is 93.7. The minimum atomic E-state index is -4.73. The number of nitrogens with one attached hydrogen (secondary N) is 1. The van der Waals surface area contributed by atoms with E-state index in [9.17, 15) is 51.1 Å². The molecule has 31 heteroatoms. The van der Waals surface area contributed by atoms with Crippen molar-refractivity contribution in [2.45, 2.75) is 445 Å². The van der Waals surface area contributed by atoms with Gasteiger partial charge in [-0.05, 0) is 142 Å². The highest BCUT2D eigenvalue weighted by molar-refractivity contribution is 14.1. The van der Waals surface area contributed by atoms with Crippen LogP contribution in [-0.4, -0.2) is 209 Å². The molecule has 0 aliphatic rings. The second-order valence-electron chi connectivity index (χ2n) is 46.7. The fourth-order valence-corrected chi connectivity index (χ4v) is 32.7. The number of benzene rings is 5. The van der Waals surface area contributed by atoms with Crippen LogP contribution < -0.4 is 40.5 Å². The Morgan fingerprint density at radius 1 is 0.415 bits per heavy atom. The third-order valence-corrected chi connectivity index (χ3v) is 46.9. The number of ether oxygens (including phenoxy) is 2. The largest absolute Gasteiger partial charge is 0.466 e. The quantitative estimate of drug-likeness (QED) is 0.0160. The lowest BCUT2D eigenvalue weighted by Crippen LogP contribution is -2.44. The molecule has 0 saturated heterocycles. The number of hydrogen-bond donors (Lipinski definition) is 2. The van der Waals surface area contributed by atoms with Crippen molar-refractivity contribution < 1.29 is 65.4 Å². The van der Waals surface area contributed by atoms with E-state index in [1.165, 1.54) is 75.7 Å². The molecule has 5 rings (SSSR count). The lowest BCUT2D eigenvalue weighted by Gasteiger charge is -2.30. The molecule has 1 unspecified atom stereocenters. The van der Waals surface area contributed by atoms with E-state index in [1.807, 2.05) is 169 Å². The van der Waals surface area contributed by atoms with Gasteiger partial charge in [-0.15, -0.1) is 0 Å². The summed E-state index contributed by atoms with van der Waals surface area (Å²) in [6.07, 6.45) is 4.61. The average Bonchev–Trinajstić information content (AvgIpc) is 0.840. The monoisotopic (exact) mass is 2450 g/mol. The third kappa shape index (κ3) is 120. The highest BCUT2D eigenvalue weighted by Gasteiger charge is 2.48. The Bertz CT molecular complexity index is 3900. The van der Waals surface area contributed by atoms with Gasteiger partial charge in [0.25, 0.3) is 0 Å². The molecule has 0 aliphatic heterocycles. The number of alkyl halides is 6. The Hall–Kier alpha value is -4.56. The molecule has 5 aromatic rings. The van der Waals surface area contributed by atoms with Gasteiger partial charge in [-0.25, -0.2) is 4.39 Å². The highest BCUT2D eigenvalue weighted by Crippen LogP contribution is 2.33. The maximum atomic E-state index is 11.8. The topological polar surface area (TPSA) is 186 Å². The van der Waals surface area contributed by atoms with Crippen LogP contribution in [0.5, 0.6) is 0 Å². The van der Waals surface area contributed by atoms with Crippen molar-refractivity contribution >= 4 is 198 Å². The number of carbonyl (C=O) groups excluding carboxylic acids is 7. The van der Waals surface area contributed by atoms with Crippen molar-refractivity contribution in [2.24, 2.45) is 5.92 Å². The summed E-state index contributed by atoms with van der Waals surface area (Å²) < 4.78 is 55.9. The molecule has 0 heterocycles. The molecule has 0 fully saturated rings. The first-order valence-corrected chi connectivity index (χ1v) is 87.8. The number of rotatable bonds is 28. The van der Waals surface area contributed by atoms with Crippen LogP contribution in [0.4, 0.5) is 40.3 Å². The van der Waals surface area contributed by atoms with Crippen LogP contribution in [-0.2, 0) is 43.0 Å². The lowest BCUT2D eigenvalue weighted by atomic mass is 10.2. The van der Waals surface area contributed by atoms with Gasteiger partial charge >= 0.3 is 12.1 Å². The number of esters is 1. The summed E-state index contributed by atoms with van der Waals surface area (Å²) in [5.41, 5.74) is 2.51. The second-order valence-corrected chi connectivity index (χ2v) is 99.2. The summed E-state index contributed by atoms with van der Waals surface area (Å²) >= 11 is 4.85. The Kier molecular flexibility index (Phi) is 103. The summed E-state index contributed by atoms with van der Waals surface area (Å²) in [5, 5.41) is 7.14. The Balaban J connectivity index is -0.000000134. The maximum Gasteiger partial charge on any atom is 0.421 e. The summed E-state index contributed by atoms with van der Waals surface area (Å²) in [7, 11) is -6.21. The van der Waals surface area contributed by atoms with Gasteiger partial charge in [0.05, 0.1) is 47.0 Å². The number of hydrogen-bond acceptors (Lipinski definition) is 10. The molecule has 0 radical (unpaired) electrons. The van der Waals surface area contributed by atoms with Gasteiger partial charge in [0.2, 0.25) is 35.4 Å². The number of para-hydroxylation sites is 3. The van der Waals surface area contributed by atoms with E-state index in [0.717, 1.165) is 83.8 Å². The van der Waals surface area contributed by atoms with Crippen LogP contribution in [0.15, 0.2) is 140 Å². The first kappa shape index (κ1) is 167. The normalized spacial score (nSPS) is 11.1. The zero-order valence-electron chi connectivity index (χ0n) is 105. The van der Waals surface area contributed by atoms with Crippen LogP contribution in [0.2, 0.25) is 187 Å². The van der Waals surface area contributed by atoms with E-state index in [4.69, 9.17) is 9.53 Å². The smallest absolute Gasteiger partial charge is 0.421 e. The van der Waals surface area contributed by atoms with Gasteiger partial charge < -0.3 is 44.1 Å². The van der Waals surface area contributed by atoms with E-state index in [-0.39, 0.29) is 41.4 Å². The molecule has 862 valence electrons. The fourth-order valence-electron chi connectivity index (χ4n) is 10.9. The number of carbonyl (C=O) groups is 7. The summed E-state index contributed by atoms with van der Waals surface area (Å²) in [6.45, 7) is 115. The Morgan fingerprint density at radius 2 is 0.721 bits per heavy atom. The zero-order valence-corrected chi connectivity index (χ0v) is 118. The predicted octanol–water partition coefficient (Wildman–Crippen LogP) is 34.0. The fraction of sp³-hybridized carbons (Fsp3) is 0.681. The van der Waals surface area contributed by atoms with Crippen LogP contribution >= 0.6 is 45.2 Å². The Labute approximate surface area is 941 Å². The molecule has 0 saturated carbocycles. The molecule has 0 spiro atoms. The van der Waals surface area contributed by atoms with Gasteiger partial charge in [0.1, 0.15) is 0 Å². The molecule has 16 nitrogen and oxygen atoms in total. The van der Waals surface area contributed by atoms with E-state index < -0.39 is 84.8 Å². The van der Waals surface area contributed by atoms with Crippen molar-refractivity contribution in [3.63, 3.8) is 0 Å². The van der Waals surface area contributed by atoms with E-state index in [0.29, 0.717) is 23.9 Å². The van der Waals surface area contributed by atoms with Crippen LogP contribution in [0.25, 0.3) is 0 Å². The minimum absolute atomic E-state index is 0.0394. The second kappa shape index (κ2) is 90.6. The van der Waals surface area contributed by atoms with Gasteiger partial charge in [0.15, 0.2) is 14.0 Å². The molecule has 147 heavy (non-hydrogen) atoms. The van der Waals surface area contributed by atoms with E-state index in [2.05, 4.69) is 332 Å². The third-order valence-electron chi connectivity index (χ3n) is 20.9. The van der Waals surface area contributed by atoms with Gasteiger partial charge in [-0.1, -0.05) is 442 Å². The lowest BCUT2D eigenvalue weighted by molar-refractivity contribution is -0.216. The van der Waals surface area contributed by atoms with Crippen LogP contribution in [0.1, 0.15) is 239 Å². The van der Waals surface area contributed by atoms with Crippen LogP contribution in [0, 0.1) is 5.92 Å². The first-order valence-electron chi connectivity index (χ1n) is 53.9. The highest BCUT2D eigenvalue weighted by atomic mass is 127. The first-order chi connectivity index (χ1) is 66.4. The molecule has 0 bridgehead atoms. The SMILES string of the molecule is CC(=O)N(C[Si](C)(C)C)c1ccccc1.CC(C)(F)C(F)(F)F.CCC.CCC(C)(C)I.CCC(C)C.CCC(C)I.CCC[Si](C)(C)CN(C(C)=O)c1ccccc1.CCC[Si](C)(C)c1cccc(N(C)C(C)=O)c1.CCN(C(C)=O)c1ccccc1.CCN(C)C(C)=O.CCNC(C)=O.CCOC(C)=O.CCOCC.CC[Si](C)(C)C.CC[Si](C)(C)O.C[Si](C)(C)C[Si](C)(C)C.C[Si](C)(C)c1ccc([Si](C)(C)C)cc1. The number of amides is 6. The average molecular weight is 2450 g/mol. The Morgan fingerprint density at radius 3 is 0.878 bits per heavy atom. The number of nitrogens with zero attached hydrogens (tertiary/aromatic N) is 5. The number of halogens is 6. The number of anilines is 4. The molecular formula is C116H230F4I2N6O10Si9. The van der Waals surface area contributed by atoms with Crippen molar-refractivity contribution in [3.05, 3.63) is 140 Å². The van der Waals surface area contributed by atoms with E-state index in [1.54, 1.807) is 79.3 Å². The standard InChI is InChI=1S/2C14H23NOSi.C12H19NOSi.C12H22Si2.C10H13NO.C7H20Si2.C5H11I.C5H11NO.C5H14Si.C5H12.C4H6F4.C4H9I.C4H9NO.C4H8O2.C4H12OSi.C4H10O.C3H8/c1-6-10-17(4,5)14-9-7-8-13(11-14)15(3)12(2)16;1-5-11-17(3,4)12-15(13(2)16)14-9-7-6-8-10-14;1-11(14)13(10-15(2,3)4)12-8-6-5-7-9-12;1-13(2,3)11-7-9-12(10-8-11)14(4,5)6;1-3-11(9(2)12)10-7-5-4-6-8-10;1-8(2,3)7-9(4,5)6;1-4-5(2,3)6;1-4-6(3)5(2)7;1-5-6(2,3)4;1-4-5(2)3;1-3(2,5)4(6,7)8;1-3-4(2)5;1-3-5-4(2)6;1-3-6-4(2)5;1-4-6(2,3)5;1-3-5-4-2;1-3-2/h7-9,11H,6,10H2,1-5H3;6-10H,5,11-12H2,1-4H3;5-9H,10H2,1-4H3;7-10H,1-6H3;4-8H,3H2,1-2H3;7H2,1-6H3;4H2,1-3H3;4H2,1-3H3;5H2,1-4H3;5H,4H2,1-3H3;1-2H3;4H,3H2,1-2H3;3H2,1-2H3,(H,5,6);3H2,1-2H3;5H,4H2,1-3H3;3-4H2,1-2H3;3H2,1-2H3. The van der Waals surface area contributed by atoms with Gasteiger partial charge in [-0.2, -0.15) is 13.2 Å². The molecule has 2 N–H and O–H groups in total. The van der Waals surface area contributed by atoms with Gasteiger partial charge in [0, 0.05) is 162 Å². The van der Waals surface area contributed by atoms with Crippen molar-refractivity contribution in [1.82, 2.24) is 10.2 Å². The molecule has 0 aliphatic carbocycles. The van der Waals surface area contributed by atoms with Crippen molar-refractivity contribution in [1.29, 1.82) is 0 Å². The molecule has 5 aromatic carbocycles. The minimum Gasteiger partial charge on any atom is -0.466 e. The maximum absolute atomic E-state index is 11.8. The zero-order chi connectivity index (χ0) is 119. The van der Waals surface area contributed by atoms with Gasteiger partial charge in [-0.3, -0.25) is 33.6 Å². The predicted molar refractivity (Wildman–Crippen MR) is 693 cm³/mol. The summed E-state index contributed by atoms with van der Waals surface area (Å²) in [5.74, 6) is 1.28. The van der Waals surface area contributed by atoms with Crippen molar-refractivity contribution in [2.75, 3.05) is 85.5 Å². The van der Waals surface area contributed by atoms with Crippen LogP contribution in [0.3, 0.4) is 0 Å². The van der Waals surface area contributed by atoms with Crippen molar-refractivity contribution in [3.8, 4) is 0 Å². The molecular weight excluding hydrogens is 2220 g/mol. The molecule has 1 atom stereocenters. The summed E-state index contributed by atoms with van der Waals surface area (Å²) in [6, 6.07) is 52.3.